The molecule has 0 fully saturated rings. The van der Waals surface area contributed by atoms with Crippen molar-refractivity contribution in [3.63, 3.8) is 0 Å². The lowest BCUT2D eigenvalue weighted by Crippen LogP contribution is -2.50. The van der Waals surface area contributed by atoms with Crippen LogP contribution in [0.4, 0.5) is 0 Å². The van der Waals surface area contributed by atoms with E-state index in [0.717, 1.165) is 21.6 Å². The predicted octanol–water partition coefficient (Wildman–Crippen LogP) is 3.52. The number of carbonyl (C=O) groups is 3. The van der Waals surface area contributed by atoms with Crippen LogP contribution in [0, 0.1) is 6.92 Å². The Morgan fingerprint density at radius 1 is 0.833 bits per heavy atom. The van der Waals surface area contributed by atoms with Gasteiger partial charge in [-0.15, -0.1) is 0 Å². The maximum absolute atomic E-state index is 13.2. The van der Waals surface area contributed by atoms with Crippen LogP contribution in [0.25, 0.3) is 0 Å². The van der Waals surface area contributed by atoms with E-state index in [9.17, 15) is 14.4 Å². The average Bonchev–Trinajstić information content (AvgIpc) is 3.02. The molecule has 0 aliphatic carbocycles. The van der Waals surface area contributed by atoms with Crippen molar-refractivity contribution >= 4 is 17.7 Å². The molecule has 1 unspecified atom stereocenters. The predicted molar refractivity (Wildman–Crippen MR) is 114 cm³/mol. The minimum atomic E-state index is -0.926. The zero-order valence-electron chi connectivity index (χ0n) is 16.7. The number of benzene rings is 3. The summed E-state index contributed by atoms with van der Waals surface area (Å²) in [4.78, 5) is 40.3. The van der Waals surface area contributed by atoms with E-state index in [1.807, 2.05) is 61.5 Å². The van der Waals surface area contributed by atoms with Crippen LogP contribution in [0.5, 0.6) is 0 Å². The Labute approximate surface area is 175 Å². The van der Waals surface area contributed by atoms with Gasteiger partial charge in [0.25, 0.3) is 11.8 Å². The van der Waals surface area contributed by atoms with Crippen LogP contribution >= 0.6 is 0 Å². The molecule has 1 N–H and O–H groups in total. The molecule has 30 heavy (non-hydrogen) atoms. The second-order valence-corrected chi connectivity index (χ2v) is 7.44. The third-order valence-electron chi connectivity index (χ3n) is 5.26. The van der Waals surface area contributed by atoms with Crippen LogP contribution in [-0.4, -0.2) is 28.7 Å². The summed E-state index contributed by atoms with van der Waals surface area (Å²) >= 11 is 0. The van der Waals surface area contributed by atoms with E-state index in [1.54, 1.807) is 24.3 Å². The zero-order chi connectivity index (χ0) is 21.1. The van der Waals surface area contributed by atoms with Gasteiger partial charge in [0.15, 0.2) is 0 Å². The summed E-state index contributed by atoms with van der Waals surface area (Å²) < 4.78 is 0. The lowest BCUT2D eigenvalue weighted by Gasteiger charge is -2.25. The summed E-state index contributed by atoms with van der Waals surface area (Å²) in [5, 5.41) is 2.91. The molecule has 4 rings (SSSR count). The molecule has 1 heterocycles. The molecule has 150 valence electrons. The fraction of sp³-hybridized carbons (Fsp3) is 0.160. The first-order valence-electron chi connectivity index (χ1n) is 9.88. The molecule has 1 aliphatic rings. The smallest absolute Gasteiger partial charge is 0.262 e. The number of fused-ring (bicyclic) bond motifs is 1. The second-order valence-electron chi connectivity index (χ2n) is 7.44. The summed E-state index contributed by atoms with van der Waals surface area (Å²) in [6.07, 6.45) is 0.256. The zero-order valence-corrected chi connectivity index (χ0v) is 16.7. The molecule has 3 aromatic rings. The Morgan fingerprint density at radius 3 is 2.07 bits per heavy atom. The van der Waals surface area contributed by atoms with Crippen molar-refractivity contribution < 1.29 is 14.4 Å². The molecule has 5 nitrogen and oxygen atoms in total. The lowest BCUT2D eigenvalue weighted by molar-refractivity contribution is -0.125. The van der Waals surface area contributed by atoms with Crippen LogP contribution in [0.1, 0.15) is 37.4 Å². The molecule has 1 atom stereocenters. The molecule has 0 aromatic heterocycles. The number of carbonyl (C=O) groups excluding carboxylic acids is 3. The van der Waals surface area contributed by atoms with E-state index in [1.165, 1.54) is 0 Å². The van der Waals surface area contributed by atoms with Crippen LogP contribution in [0.2, 0.25) is 0 Å². The molecule has 3 aromatic carbocycles. The number of nitrogens with zero attached hydrogens (tertiary/aromatic N) is 1. The van der Waals surface area contributed by atoms with Crippen LogP contribution in [0.15, 0.2) is 78.9 Å². The third-order valence-corrected chi connectivity index (χ3v) is 5.26. The number of amides is 3. The number of nitrogens with one attached hydrogen (secondary N) is 1. The largest absolute Gasteiger partial charge is 0.350 e. The van der Waals surface area contributed by atoms with Gasteiger partial charge in [0, 0.05) is 13.0 Å². The van der Waals surface area contributed by atoms with E-state index in [4.69, 9.17) is 0 Å². The monoisotopic (exact) mass is 398 g/mol. The van der Waals surface area contributed by atoms with E-state index in [0.29, 0.717) is 17.7 Å². The van der Waals surface area contributed by atoms with Crippen molar-refractivity contribution in [3.05, 3.63) is 107 Å². The first-order chi connectivity index (χ1) is 14.5. The van der Waals surface area contributed by atoms with E-state index in [2.05, 4.69) is 5.32 Å². The Bertz CT molecular complexity index is 1070. The van der Waals surface area contributed by atoms with Crippen LogP contribution in [0.3, 0.4) is 0 Å². The van der Waals surface area contributed by atoms with Crippen LogP contribution < -0.4 is 5.32 Å². The van der Waals surface area contributed by atoms with Crippen molar-refractivity contribution in [2.45, 2.75) is 25.9 Å². The Morgan fingerprint density at radius 2 is 1.43 bits per heavy atom. The van der Waals surface area contributed by atoms with Gasteiger partial charge >= 0.3 is 0 Å². The van der Waals surface area contributed by atoms with Crippen LogP contribution in [-0.2, 0) is 17.8 Å². The molecular formula is C25H22N2O3. The topological polar surface area (TPSA) is 66.5 Å². The Hall–Kier alpha value is -3.73. The first kappa shape index (κ1) is 19.6. The molecule has 0 spiro atoms. The van der Waals surface area contributed by atoms with Gasteiger partial charge in [-0.1, -0.05) is 72.3 Å². The van der Waals surface area contributed by atoms with Crippen molar-refractivity contribution in [2.75, 3.05) is 0 Å². The minimum absolute atomic E-state index is 0.256. The van der Waals surface area contributed by atoms with Crippen molar-refractivity contribution in [3.8, 4) is 0 Å². The highest BCUT2D eigenvalue weighted by Crippen LogP contribution is 2.26. The lowest BCUT2D eigenvalue weighted by atomic mass is 10.0. The van der Waals surface area contributed by atoms with Gasteiger partial charge in [-0.25, -0.2) is 0 Å². The molecule has 0 saturated heterocycles. The fourth-order valence-corrected chi connectivity index (χ4v) is 3.76. The molecule has 0 radical (unpaired) electrons. The molecular weight excluding hydrogens is 376 g/mol. The number of aryl methyl sites for hydroxylation is 1. The highest BCUT2D eigenvalue weighted by Gasteiger charge is 2.42. The molecule has 3 amide bonds. The summed E-state index contributed by atoms with van der Waals surface area (Å²) in [6.45, 7) is 2.32. The van der Waals surface area contributed by atoms with E-state index in [-0.39, 0.29) is 12.3 Å². The summed E-state index contributed by atoms with van der Waals surface area (Å²) in [7, 11) is 0. The van der Waals surface area contributed by atoms with Crippen molar-refractivity contribution in [1.82, 2.24) is 10.2 Å². The number of rotatable bonds is 6. The molecule has 0 saturated carbocycles. The standard InChI is InChI=1S/C25H22N2O3/c1-17-8-7-11-19(14-17)16-26-23(28)22(15-18-9-3-2-4-10-18)27-24(29)20-12-5-6-13-21(20)25(27)30/h2-14,22H,15-16H2,1H3,(H,26,28). The van der Waals surface area contributed by atoms with Gasteiger partial charge in [0.2, 0.25) is 5.91 Å². The average molecular weight is 398 g/mol. The summed E-state index contributed by atoms with van der Waals surface area (Å²) in [5.74, 6) is -1.21. The second kappa shape index (κ2) is 8.33. The highest BCUT2D eigenvalue weighted by atomic mass is 16.2. The number of hydrogen-bond donors (Lipinski definition) is 1. The number of imide groups is 1. The highest BCUT2D eigenvalue weighted by molar-refractivity contribution is 6.22. The minimum Gasteiger partial charge on any atom is -0.350 e. The molecule has 5 heteroatoms. The molecule has 1 aliphatic heterocycles. The normalized spacial score (nSPS) is 13.8. The Kier molecular flexibility index (Phi) is 5.44. The van der Waals surface area contributed by atoms with Gasteiger partial charge in [0.05, 0.1) is 11.1 Å². The van der Waals surface area contributed by atoms with Crippen molar-refractivity contribution in [2.24, 2.45) is 0 Å². The third kappa shape index (κ3) is 3.87. The van der Waals surface area contributed by atoms with Gasteiger partial charge in [-0.3, -0.25) is 19.3 Å². The molecule has 0 bridgehead atoms. The fourth-order valence-electron chi connectivity index (χ4n) is 3.76. The summed E-state index contributed by atoms with van der Waals surface area (Å²) in [6, 6.07) is 23.0. The van der Waals surface area contributed by atoms with Gasteiger partial charge in [0.1, 0.15) is 6.04 Å². The van der Waals surface area contributed by atoms with Gasteiger partial charge in [-0.05, 0) is 30.2 Å². The summed E-state index contributed by atoms with van der Waals surface area (Å²) in [5.41, 5.74) is 3.62. The maximum Gasteiger partial charge on any atom is 0.262 e. The van der Waals surface area contributed by atoms with E-state index < -0.39 is 17.9 Å². The van der Waals surface area contributed by atoms with Gasteiger partial charge in [-0.2, -0.15) is 0 Å². The maximum atomic E-state index is 13.2. The first-order valence-corrected chi connectivity index (χ1v) is 9.88. The quantitative estimate of drug-likeness (QED) is 0.646. The van der Waals surface area contributed by atoms with Gasteiger partial charge < -0.3 is 5.32 Å². The van der Waals surface area contributed by atoms with Crippen molar-refractivity contribution in [1.29, 1.82) is 0 Å². The Balaban J connectivity index is 1.61. The van der Waals surface area contributed by atoms with E-state index >= 15 is 0 Å². The SMILES string of the molecule is Cc1cccc(CNC(=O)C(Cc2ccccc2)N2C(=O)c3ccccc3C2=O)c1. The number of hydrogen-bond acceptors (Lipinski definition) is 3.